The molecule has 25 heavy (non-hydrogen) atoms. The van der Waals surface area contributed by atoms with E-state index in [-0.39, 0.29) is 24.0 Å². The number of aromatic nitrogens is 2. The number of carbonyl (C=O) groups excluding carboxylic acids is 2. The molecule has 4 rings (SSSR count). The summed E-state index contributed by atoms with van der Waals surface area (Å²) in [4.78, 5) is 35.9. The Morgan fingerprint density at radius 3 is 2.72 bits per heavy atom. The van der Waals surface area contributed by atoms with Gasteiger partial charge in [-0.1, -0.05) is 6.92 Å². The summed E-state index contributed by atoms with van der Waals surface area (Å²) in [6.45, 7) is 2.23. The van der Waals surface area contributed by atoms with Gasteiger partial charge in [0, 0.05) is 12.5 Å². The van der Waals surface area contributed by atoms with E-state index in [9.17, 15) is 14.4 Å². The average Bonchev–Trinajstić information content (AvgIpc) is 3.11. The van der Waals surface area contributed by atoms with Gasteiger partial charge in [-0.3, -0.25) is 24.8 Å². The van der Waals surface area contributed by atoms with Gasteiger partial charge in [0.25, 0.3) is 11.5 Å². The van der Waals surface area contributed by atoms with Crippen molar-refractivity contribution in [2.45, 2.75) is 51.2 Å². The zero-order chi connectivity index (χ0) is 17.6. The third kappa shape index (κ3) is 2.94. The molecule has 1 aliphatic carbocycles. The standard InChI is InChI=1S/C18H21N3O4/c1-10-2-3-11(8-10)25-12-4-5-13-14(9-12)20-21(18(13)24)15-6-7-16(22)19-17(15)23/h4-5,9-11,15,20H,2-3,6-8H2,1H3,(H,19,22,23)/t10-,11?,15?/m0/s1. The summed E-state index contributed by atoms with van der Waals surface area (Å²) in [5.74, 6) is 0.665. The monoisotopic (exact) mass is 343 g/mol. The molecule has 2 amide bonds. The summed E-state index contributed by atoms with van der Waals surface area (Å²) in [6, 6.07) is 4.65. The van der Waals surface area contributed by atoms with Crippen molar-refractivity contribution in [3.8, 4) is 5.75 Å². The highest BCUT2D eigenvalue weighted by molar-refractivity contribution is 5.99. The maximum atomic E-state index is 12.6. The number of H-pyrrole nitrogens is 1. The number of imide groups is 1. The van der Waals surface area contributed by atoms with Crippen molar-refractivity contribution in [3.63, 3.8) is 0 Å². The first-order valence-corrected chi connectivity index (χ1v) is 8.76. The van der Waals surface area contributed by atoms with Crippen LogP contribution >= 0.6 is 0 Å². The molecule has 1 saturated heterocycles. The summed E-state index contributed by atoms with van der Waals surface area (Å²) >= 11 is 0. The number of fused-ring (bicyclic) bond motifs is 1. The first-order valence-electron chi connectivity index (χ1n) is 8.76. The number of nitrogens with zero attached hydrogens (tertiary/aromatic N) is 1. The second kappa shape index (κ2) is 6.06. The van der Waals surface area contributed by atoms with E-state index >= 15 is 0 Å². The summed E-state index contributed by atoms with van der Waals surface area (Å²) in [5.41, 5.74) is 0.379. The fourth-order valence-corrected chi connectivity index (χ4v) is 3.79. The van der Waals surface area contributed by atoms with E-state index in [2.05, 4.69) is 17.3 Å². The molecule has 2 N–H and O–H groups in total. The van der Waals surface area contributed by atoms with Crippen LogP contribution in [0.1, 0.15) is 45.1 Å². The highest BCUT2D eigenvalue weighted by Crippen LogP contribution is 2.29. The second-order valence-corrected chi connectivity index (χ2v) is 7.12. The minimum absolute atomic E-state index is 0.219. The van der Waals surface area contributed by atoms with Crippen LogP contribution in [0.4, 0.5) is 0 Å². The Bertz CT molecular complexity index is 897. The number of rotatable bonds is 3. The lowest BCUT2D eigenvalue weighted by molar-refractivity contribution is -0.136. The Hall–Kier alpha value is -2.57. The van der Waals surface area contributed by atoms with Gasteiger partial charge in [-0.25, -0.2) is 4.68 Å². The number of nitrogens with one attached hydrogen (secondary N) is 2. The summed E-state index contributed by atoms with van der Waals surface area (Å²) in [5, 5.41) is 5.80. The Labute approximate surface area is 144 Å². The Kier molecular flexibility index (Phi) is 3.86. The maximum Gasteiger partial charge on any atom is 0.275 e. The van der Waals surface area contributed by atoms with E-state index in [4.69, 9.17) is 4.74 Å². The average molecular weight is 343 g/mol. The van der Waals surface area contributed by atoms with Crippen LogP contribution in [0.15, 0.2) is 23.0 Å². The van der Waals surface area contributed by atoms with Crippen LogP contribution in [0.25, 0.3) is 10.9 Å². The third-order valence-corrected chi connectivity index (χ3v) is 5.15. The quantitative estimate of drug-likeness (QED) is 0.832. The van der Waals surface area contributed by atoms with E-state index in [1.165, 1.54) is 11.1 Å². The molecule has 0 radical (unpaired) electrons. The molecule has 2 unspecified atom stereocenters. The number of benzene rings is 1. The van der Waals surface area contributed by atoms with Gasteiger partial charge < -0.3 is 4.74 Å². The maximum absolute atomic E-state index is 12.6. The van der Waals surface area contributed by atoms with Crippen LogP contribution < -0.4 is 15.6 Å². The van der Waals surface area contributed by atoms with Gasteiger partial charge in [-0.15, -0.1) is 0 Å². The van der Waals surface area contributed by atoms with Crippen molar-refractivity contribution < 1.29 is 14.3 Å². The fraction of sp³-hybridized carbons (Fsp3) is 0.500. The van der Waals surface area contributed by atoms with Crippen molar-refractivity contribution in [1.82, 2.24) is 15.1 Å². The molecular weight excluding hydrogens is 322 g/mol. The van der Waals surface area contributed by atoms with E-state index in [0.29, 0.717) is 23.2 Å². The van der Waals surface area contributed by atoms with E-state index in [1.54, 1.807) is 12.1 Å². The zero-order valence-corrected chi connectivity index (χ0v) is 14.1. The zero-order valence-electron chi connectivity index (χ0n) is 14.1. The molecule has 3 atom stereocenters. The third-order valence-electron chi connectivity index (χ3n) is 5.15. The van der Waals surface area contributed by atoms with Gasteiger partial charge in [-0.05, 0) is 43.7 Å². The van der Waals surface area contributed by atoms with Crippen LogP contribution in [-0.2, 0) is 9.59 Å². The predicted molar refractivity (Wildman–Crippen MR) is 91.4 cm³/mol. The number of hydrogen-bond donors (Lipinski definition) is 2. The number of carbonyl (C=O) groups is 2. The molecule has 2 fully saturated rings. The number of amides is 2. The molecule has 1 aliphatic heterocycles. The molecule has 1 saturated carbocycles. The second-order valence-electron chi connectivity index (χ2n) is 7.12. The number of ether oxygens (including phenoxy) is 1. The van der Waals surface area contributed by atoms with Crippen molar-refractivity contribution in [1.29, 1.82) is 0 Å². The Morgan fingerprint density at radius 2 is 2.00 bits per heavy atom. The van der Waals surface area contributed by atoms with Gasteiger partial charge in [0.05, 0.1) is 17.0 Å². The highest BCUT2D eigenvalue weighted by Gasteiger charge is 2.30. The first kappa shape index (κ1) is 15.9. The van der Waals surface area contributed by atoms with Crippen LogP contribution in [-0.4, -0.2) is 27.7 Å². The Balaban J connectivity index is 1.62. The van der Waals surface area contributed by atoms with Crippen molar-refractivity contribution in [2.75, 3.05) is 0 Å². The van der Waals surface area contributed by atoms with Crippen molar-refractivity contribution in [3.05, 3.63) is 28.6 Å². The molecule has 7 heteroatoms. The lowest BCUT2D eigenvalue weighted by Gasteiger charge is -2.20. The van der Waals surface area contributed by atoms with E-state index in [1.807, 2.05) is 6.07 Å². The smallest absolute Gasteiger partial charge is 0.275 e. The van der Waals surface area contributed by atoms with Gasteiger partial charge in [0.2, 0.25) is 5.91 Å². The highest BCUT2D eigenvalue weighted by atomic mass is 16.5. The molecular formula is C18H21N3O4. The molecule has 132 valence electrons. The molecule has 1 aromatic heterocycles. The molecule has 2 aromatic rings. The molecule has 2 heterocycles. The normalized spacial score (nSPS) is 26.8. The molecule has 1 aromatic carbocycles. The van der Waals surface area contributed by atoms with Gasteiger partial charge in [-0.2, -0.15) is 0 Å². The Morgan fingerprint density at radius 1 is 1.16 bits per heavy atom. The summed E-state index contributed by atoms with van der Waals surface area (Å²) in [7, 11) is 0. The van der Waals surface area contributed by atoms with Gasteiger partial charge in [0.1, 0.15) is 11.8 Å². The number of piperidine rings is 1. The predicted octanol–water partition coefficient (Wildman–Crippen LogP) is 1.87. The lowest BCUT2D eigenvalue weighted by atomic mass is 10.1. The topological polar surface area (TPSA) is 93.2 Å². The largest absolute Gasteiger partial charge is 0.490 e. The minimum atomic E-state index is -0.683. The van der Waals surface area contributed by atoms with Gasteiger partial charge >= 0.3 is 0 Å². The SMILES string of the molecule is C[C@H]1CCC(Oc2ccc3c(=O)n(C4CCC(=O)NC4=O)[nH]c3c2)C1. The molecule has 0 bridgehead atoms. The van der Waals surface area contributed by atoms with Crippen LogP contribution in [0.2, 0.25) is 0 Å². The van der Waals surface area contributed by atoms with Gasteiger partial charge in [0.15, 0.2) is 0 Å². The summed E-state index contributed by atoms with van der Waals surface area (Å²) in [6.07, 6.45) is 4.04. The summed E-state index contributed by atoms with van der Waals surface area (Å²) < 4.78 is 7.34. The molecule has 7 nitrogen and oxygen atoms in total. The van der Waals surface area contributed by atoms with Crippen LogP contribution in [0.3, 0.4) is 0 Å². The first-order chi connectivity index (χ1) is 12.0. The van der Waals surface area contributed by atoms with Crippen LogP contribution in [0, 0.1) is 5.92 Å². The number of hydrogen-bond acceptors (Lipinski definition) is 4. The van der Waals surface area contributed by atoms with Crippen molar-refractivity contribution >= 4 is 22.7 Å². The fourth-order valence-electron chi connectivity index (χ4n) is 3.79. The van der Waals surface area contributed by atoms with E-state index < -0.39 is 11.9 Å². The van der Waals surface area contributed by atoms with Crippen molar-refractivity contribution in [2.24, 2.45) is 5.92 Å². The van der Waals surface area contributed by atoms with Crippen LogP contribution in [0.5, 0.6) is 5.75 Å². The molecule has 2 aliphatic rings. The lowest BCUT2D eigenvalue weighted by Crippen LogP contribution is -2.44. The number of aromatic amines is 1. The minimum Gasteiger partial charge on any atom is -0.490 e. The molecule has 0 spiro atoms. The van der Waals surface area contributed by atoms with E-state index in [0.717, 1.165) is 18.6 Å².